The van der Waals surface area contributed by atoms with E-state index in [4.69, 9.17) is 11.2 Å². The fourth-order valence-corrected chi connectivity index (χ4v) is 7.09. The molecule has 1 aliphatic heterocycles. The number of ether oxygens (including phenoxy) is 1. The van der Waals surface area contributed by atoms with E-state index in [1.807, 2.05) is 23.1 Å². The van der Waals surface area contributed by atoms with Gasteiger partial charge in [0.25, 0.3) is 15.9 Å². The quantitative estimate of drug-likeness (QED) is 0.378. The molecule has 0 saturated heterocycles. The number of methoxy groups -OCH3 is 1. The van der Waals surface area contributed by atoms with Crippen LogP contribution in [-0.4, -0.2) is 48.4 Å². The summed E-state index contributed by atoms with van der Waals surface area (Å²) < 4.78 is 34.0. The van der Waals surface area contributed by atoms with Crippen LogP contribution in [-0.2, 0) is 16.4 Å². The fourth-order valence-electron chi connectivity index (χ4n) is 5.26. The molecular formula is C29H32N4O4S2. The summed E-state index contributed by atoms with van der Waals surface area (Å²) in [6.45, 7) is 2.13. The lowest BCUT2D eigenvalue weighted by atomic mass is 9.83. The van der Waals surface area contributed by atoms with Crippen molar-refractivity contribution in [2.75, 3.05) is 7.11 Å². The summed E-state index contributed by atoms with van der Waals surface area (Å²) in [5.41, 5.74) is 3.09. The van der Waals surface area contributed by atoms with E-state index in [0.717, 1.165) is 61.0 Å². The van der Waals surface area contributed by atoms with Crippen molar-refractivity contribution in [2.45, 2.75) is 75.0 Å². The molecule has 10 heteroatoms. The molecule has 39 heavy (non-hydrogen) atoms. The van der Waals surface area contributed by atoms with Crippen LogP contribution >= 0.6 is 11.3 Å². The van der Waals surface area contributed by atoms with E-state index in [1.165, 1.54) is 17.4 Å². The van der Waals surface area contributed by atoms with Gasteiger partial charge in [0.2, 0.25) is 0 Å². The Morgan fingerprint density at radius 1 is 1.28 bits per heavy atom. The van der Waals surface area contributed by atoms with Crippen LogP contribution in [0.2, 0.25) is 0 Å². The molecule has 1 fully saturated rings. The minimum absolute atomic E-state index is 0.0255. The van der Waals surface area contributed by atoms with Gasteiger partial charge in [-0.25, -0.2) is 23.1 Å². The highest BCUT2D eigenvalue weighted by molar-refractivity contribution is 7.89. The van der Waals surface area contributed by atoms with Gasteiger partial charge in [-0.1, -0.05) is 38.3 Å². The minimum atomic E-state index is -3.72. The van der Waals surface area contributed by atoms with Crippen LogP contribution in [0.25, 0.3) is 0 Å². The van der Waals surface area contributed by atoms with Gasteiger partial charge in [-0.05, 0) is 66.5 Å². The third-order valence-electron chi connectivity index (χ3n) is 7.52. The van der Waals surface area contributed by atoms with Crippen molar-refractivity contribution in [1.82, 2.24) is 19.6 Å². The van der Waals surface area contributed by atoms with Crippen molar-refractivity contribution in [2.24, 2.45) is 0 Å². The van der Waals surface area contributed by atoms with E-state index < -0.39 is 16.1 Å². The molecule has 0 spiro atoms. The van der Waals surface area contributed by atoms with Gasteiger partial charge in [0, 0.05) is 23.7 Å². The second kappa shape index (κ2) is 11.5. The van der Waals surface area contributed by atoms with Crippen molar-refractivity contribution in [1.29, 1.82) is 0 Å². The molecule has 3 heterocycles. The summed E-state index contributed by atoms with van der Waals surface area (Å²) in [7, 11) is -2.08. The third-order valence-corrected chi connectivity index (χ3v) is 9.73. The van der Waals surface area contributed by atoms with Crippen LogP contribution < -0.4 is 9.46 Å². The number of unbranched alkanes of at least 4 members (excludes halogenated alkanes) is 1. The number of thiazole rings is 1. The molecule has 1 saturated carbocycles. The van der Waals surface area contributed by atoms with E-state index in [-0.39, 0.29) is 23.0 Å². The van der Waals surface area contributed by atoms with Crippen molar-refractivity contribution < 1.29 is 17.9 Å². The Morgan fingerprint density at radius 2 is 2.10 bits per heavy atom. The number of benzene rings is 1. The summed E-state index contributed by atoms with van der Waals surface area (Å²) in [6.07, 6.45) is 13.2. The number of carbonyl (C=O) groups is 1. The first-order valence-corrected chi connectivity index (χ1v) is 15.6. The molecular weight excluding hydrogens is 532 g/mol. The molecule has 0 bridgehead atoms. The zero-order valence-corrected chi connectivity index (χ0v) is 23.7. The molecule has 8 nitrogen and oxygen atoms in total. The molecule has 5 rings (SSSR count). The van der Waals surface area contributed by atoms with Gasteiger partial charge in [0.1, 0.15) is 11.4 Å². The number of nitrogens with one attached hydrogen (secondary N) is 1. The van der Waals surface area contributed by atoms with E-state index in [2.05, 4.69) is 27.5 Å². The van der Waals surface area contributed by atoms with Crippen LogP contribution in [0.4, 0.5) is 0 Å². The molecule has 2 aliphatic rings. The maximum absolute atomic E-state index is 14.1. The summed E-state index contributed by atoms with van der Waals surface area (Å²) in [4.78, 5) is 24.7. The Morgan fingerprint density at radius 3 is 2.72 bits per heavy atom. The molecule has 0 unspecified atom stereocenters. The van der Waals surface area contributed by atoms with Crippen LogP contribution in [0.5, 0.6) is 5.75 Å². The number of fused-ring (bicyclic) bond motifs is 1. The smallest absolute Gasteiger partial charge is 0.274 e. The molecule has 204 valence electrons. The highest BCUT2D eigenvalue weighted by atomic mass is 32.2. The van der Waals surface area contributed by atoms with Crippen molar-refractivity contribution >= 4 is 27.3 Å². The van der Waals surface area contributed by atoms with Crippen molar-refractivity contribution in [3.8, 4) is 18.1 Å². The number of hydrogen-bond acceptors (Lipinski definition) is 7. The predicted molar refractivity (Wildman–Crippen MR) is 150 cm³/mol. The Kier molecular flexibility index (Phi) is 8.03. The van der Waals surface area contributed by atoms with Gasteiger partial charge in [-0.15, -0.1) is 17.8 Å². The number of carbonyl (C=O) groups excluding carboxylic acids is 1. The predicted octanol–water partition coefficient (Wildman–Crippen LogP) is 4.71. The molecule has 1 aromatic carbocycles. The SMILES string of the molecule is C#Cc1nc(C(=O)N2[C@@H](CCCC)Cc3cc(OC)ccc3[C@@H]2c2ccc(S(=O)(=O)NC3CCC3)nc2)cs1. The van der Waals surface area contributed by atoms with Crippen LogP contribution in [0, 0.1) is 12.3 Å². The summed E-state index contributed by atoms with van der Waals surface area (Å²) in [5.74, 6) is 3.06. The van der Waals surface area contributed by atoms with Gasteiger partial charge < -0.3 is 9.64 Å². The number of hydrogen-bond donors (Lipinski definition) is 1. The lowest BCUT2D eigenvalue weighted by Crippen LogP contribution is -2.48. The molecule has 0 radical (unpaired) electrons. The Balaban J connectivity index is 1.58. The Hall–Kier alpha value is -3.26. The minimum Gasteiger partial charge on any atom is -0.497 e. The first-order chi connectivity index (χ1) is 18.8. The number of terminal acetylenes is 1. The van der Waals surface area contributed by atoms with Crippen LogP contribution in [0.15, 0.2) is 46.9 Å². The highest BCUT2D eigenvalue weighted by Crippen LogP contribution is 2.41. The average Bonchev–Trinajstić information content (AvgIpc) is 3.42. The van der Waals surface area contributed by atoms with Crippen molar-refractivity contribution in [3.05, 3.63) is 69.3 Å². The summed E-state index contributed by atoms with van der Waals surface area (Å²) in [6, 6.07) is 8.57. The van der Waals surface area contributed by atoms with Crippen LogP contribution in [0.3, 0.4) is 0 Å². The van der Waals surface area contributed by atoms with Crippen molar-refractivity contribution in [3.63, 3.8) is 0 Å². The lowest BCUT2D eigenvalue weighted by molar-refractivity contribution is 0.0560. The van der Waals surface area contributed by atoms with E-state index in [1.54, 1.807) is 24.8 Å². The van der Waals surface area contributed by atoms with E-state index in [0.29, 0.717) is 17.1 Å². The maximum Gasteiger partial charge on any atom is 0.274 e. The van der Waals surface area contributed by atoms with E-state index in [9.17, 15) is 13.2 Å². The molecule has 1 amide bonds. The molecule has 2 aromatic heterocycles. The number of rotatable bonds is 9. The second-order valence-corrected chi connectivity index (χ2v) is 12.6. The van der Waals surface area contributed by atoms with E-state index >= 15 is 0 Å². The number of amides is 1. The Labute approximate surface area is 233 Å². The first kappa shape index (κ1) is 27.3. The largest absolute Gasteiger partial charge is 0.497 e. The first-order valence-electron chi connectivity index (χ1n) is 13.2. The third kappa shape index (κ3) is 5.57. The molecule has 1 aliphatic carbocycles. The number of sulfonamides is 1. The van der Waals surface area contributed by atoms with Gasteiger partial charge in [0.05, 0.1) is 13.2 Å². The van der Waals surface area contributed by atoms with Crippen LogP contribution in [0.1, 0.15) is 83.7 Å². The van der Waals surface area contributed by atoms with Gasteiger partial charge >= 0.3 is 0 Å². The number of pyridine rings is 1. The monoisotopic (exact) mass is 564 g/mol. The molecule has 1 N–H and O–H groups in total. The molecule has 2 atom stereocenters. The summed E-state index contributed by atoms with van der Waals surface area (Å²) >= 11 is 1.27. The number of aromatic nitrogens is 2. The van der Waals surface area contributed by atoms with Gasteiger partial charge in [0.15, 0.2) is 10.0 Å². The number of nitrogens with zero attached hydrogens (tertiary/aromatic N) is 3. The molecule has 3 aromatic rings. The zero-order chi connectivity index (χ0) is 27.6. The Bertz CT molecular complexity index is 1490. The summed E-state index contributed by atoms with van der Waals surface area (Å²) in [5, 5.41) is 2.13. The lowest BCUT2D eigenvalue weighted by Gasteiger charge is -2.43. The van der Waals surface area contributed by atoms with Gasteiger partial charge in [-0.3, -0.25) is 4.79 Å². The zero-order valence-electron chi connectivity index (χ0n) is 22.1. The topological polar surface area (TPSA) is 101 Å². The average molecular weight is 565 g/mol. The maximum atomic E-state index is 14.1. The van der Waals surface area contributed by atoms with Gasteiger partial charge in [-0.2, -0.15) is 0 Å². The standard InChI is InChI=1S/C29H32N4O4S2/c1-4-6-10-22-15-20-16-23(37-3)12-13-24(20)28(33(22)29(34)25-18-38-26(5-2)31-25)19-11-14-27(30-17-19)39(35,36)32-21-8-7-9-21/h2,11-14,16-18,21-22,28,32H,4,6-10,15H2,1,3H3/t22-,28-/m0/s1. The fraction of sp³-hybridized carbons (Fsp3) is 0.414. The second-order valence-electron chi connectivity index (χ2n) is 10.0. The normalized spacial score (nSPS) is 19.2. The highest BCUT2D eigenvalue weighted by Gasteiger charge is 2.40.